The summed E-state index contributed by atoms with van der Waals surface area (Å²) in [4.78, 5) is 0.115. The fraction of sp³-hybridized carbons (Fsp3) is 0.364. The van der Waals surface area contributed by atoms with Crippen molar-refractivity contribution < 1.29 is 8.42 Å². The summed E-state index contributed by atoms with van der Waals surface area (Å²) in [5.41, 5.74) is 5.64. The highest BCUT2D eigenvalue weighted by Gasteiger charge is 2.13. The Labute approximate surface area is 101 Å². The van der Waals surface area contributed by atoms with Crippen molar-refractivity contribution in [1.29, 1.82) is 5.26 Å². The molecule has 0 saturated heterocycles. The van der Waals surface area contributed by atoms with Crippen molar-refractivity contribution in [2.24, 2.45) is 5.73 Å². The molecule has 0 bridgehead atoms. The zero-order chi connectivity index (χ0) is 12.7. The first kappa shape index (κ1) is 13.6. The molecule has 1 aromatic rings. The van der Waals surface area contributed by atoms with Gasteiger partial charge in [0.1, 0.15) is 0 Å². The fourth-order valence-electron chi connectivity index (χ4n) is 1.29. The summed E-state index contributed by atoms with van der Waals surface area (Å²) in [5, 5.41) is 8.69. The lowest BCUT2D eigenvalue weighted by molar-refractivity contribution is 0.577. The Kier molecular flexibility index (Phi) is 5.10. The van der Waals surface area contributed by atoms with Gasteiger partial charge >= 0.3 is 0 Å². The smallest absolute Gasteiger partial charge is 0.240 e. The van der Waals surface area contributed by atoms with Crippen molar-refractivity contribution in [3.63, 3.8) is 0 Å². The topological polar surface area (TPSA) is 96.0 Å². The van der Waals surface area contributed by atoms with E-state index in [9.17, 15) is 8.42 Å². The number of nitrogens with two attached hydrogens (primary N) is 1. The van der Waals surface area contributed by atoms with Gasteiger partial charge in [-0.2, -0.15) is 5.26 Å². The van der Waals surface area contributed by atoms with Gasteiger partial charge in [-0.15, -0.1) is 0 Å². The zero-order valence-corrected chi connectivity index (χ0v) is 10.2. The minimum atomic E-state index is -3.52. The standard InChI is InChI=1S/C11H15N3O2S/c12-6-1-2-7-14-17(15,16)11-5-3-4-10(8-11)9-13/h3-5,8,14H,1-2,6-7,12H2. The molecule has 0 fully saturated rings. The van der Waals surface area contributed by atoms with E-state index in [0.717, 1.165) is 6.42 Å². The van der Waals surface area contributed by atoms with E-state index in [1.165, 1.54) is 12.1 Å². The molecule has 5 nitrogen and oxygen atoms in total. The summed E-state index contributed by atoms with van der Waals surface area (Å²) in [6, 6.07) is 7.84. The quantitative estimate of drug-likeness (QED) is 0.725. The van der Waals surface area contributed by atoms with Gasteiger partial charge in [-0.1, -0.05) is 6.07 Å². The normalized spacial score (nSPS) is 11.1. The van der Waals surface area contributed by atoms with Gasteiger partial charge in [0, 0.05) is 6.54 Å². The zero-order valence-electron chi connectivity index (χ0n) is 9.39. The van der Waals surface area contributed by atoms with E-state index in [4.69, 9.17) is 11.0 Å². The number of rotatable bonds is 6. The first-order valence-electron chi connectivity index (χ1n) is 5.30. The fourth-order valence-corrected chi connectivity index (χ4v) is 2.41. The minimum Gasteiger partial charge on any atom is -0.330 e. The van der Waals surface area contributed by atoms with Crippen molar-refractivity contribution in [2.45, 2.75) is 17.7 Å². The van der Waals surface area contributed by atoms with Gasteiger partial charge in [0.25, 0.3) is 0 Å². The monoisotopic (exact) mass is 253 g/mol. The van der Waals surface area contributed by atoms with Gasteiger partial charge in [-0.3, -0.25) is 0 Å². The van der Waals surface area contributed by atoms with Gasteiger partial charge in [-0.25, -0.2) is 13.1 Å². The highest BCUT2D eigenvalue weighted by molar-refractivity contribution is 7.89. The Morgan fingerprint density at radius 3 is 2.76 bits per heavy atom. The number of unbranched alkanes of at least 4 members (excludes halogenated alkanes) is 1. The Hall–Kier alpha value is -1.42. The summed E-state index contributed by atoms with van der Waals surface area (Å²) >= 11 is 0. The highest BCUT2D eigenvalue weighted by Crippen LogP contribution is 2.10. The van der Waals surface area contributed by atoms with E-state index in [1.54, 1.807) is 12.1 Å². The molecule has 1 rings (SSSR count). The number of sulfonamides is 1. The Balaban J connectivity index is 2.73. The summed E-state index contributed by atoms with van der Waals surface area (Å²) in [5.74, 6) is 0. The first-order valence-corrected chi connectivity index (χ1v) is 6.78. The predicted molar refractivity (Wildman–Crippen MR) is 64.6 cm³/mol. The van der Waals surface area contributed by atoms with Crippen LogP contribution in [0.25, 0.3) is 0 Å². The lowest BCUT2D eigenvalue weighted by atomic mass is 10.2. The molecule has 1 aromatic carbocycles. The van der Waals surface area contributed by atoms with Gasteiger partial charge in [0.05, 0.1) is 16.5 Å². The molecule has 0 aliphatic carbocycles. The van der Waals surface area contributed by atoms with Crippen LogP contribution in [0.1, 0.15) is 18.4 Å². The van der Waals surface area contributed by atoms with Crippen LogP contribution in [0, 0.1) is 11.3 Å². The maximum Gasteiger partial charge on any atom is 0.240 e. The molecular weight excluding hydrogens is 238 g/mol. The number of hydrogen-bond acceptors (Lipinski definition) is 4. The molecule has 0 amide bonds. The van der Waals surface area contributed by atoms with E-state index >= 15 is 0 Å². The summed E-state index contributed by atoms with van der Waals surface area (Å²) < 4.78 is 26.1. The molecule has 0 saturated carbocycles. The van der Waals surface area contributed by atoms with E-state index in [-0.39, 0.29) is 4.90 Å². The molecule has 0 atom stereocenters. The average molecular weight is 253 g/mol. The number of nitrogens with zero attached hydrogens (tertiary/aromatic N) is 1. The third-order valence-electron chi connectivity index (χ3n) is 2.20. The van der Waals surface area contributed by atoms with Gasteiger partial charge in [0.2, 0.25) is 10.0 Å². The van der Waals surface area contributed by atoms with Crippen LogP contribution in [0.4, 0.5) is 0 Å². The van der Waals surface area contributed by atoms with Crippen LogP contribution in [0.15, 0.2) is 29.2 Å². The predicted octanol–water partition coefficient (Wildman–Crippen LogP) is 0.575. The van der Waals surface area contributed by atoms with Crippen LogP contribution < -0.4 is 10.5 Å². The second-order valence-electron chi connectivity index (χ2n) is 3.53. The number of hydrogen-bond donors (Lipinski definition) is 2. The number of nitrogens with one attached hydrogen (secondary N) is 1. The van der Waals surface area contributed by atoms with Crippen molar-refractivity contribution in [3.05, 3.63) is 29.8 Å². The SMILES string of the molecule is N#Cc1cccc(S(=O)(=O)NCCCCN)c1. The molecule has 0 aromatic heterocycles. The molecule has 0 aliphatic rings. The van der Waals surface area contributed by atoms with Crippen LogP contribution in [0.3, 0.4) is 0 Å². The third-order valence-corrected chi connectivity index (χ3v) is 3.66. The largest absolute Gasteiger partial charge is 0.330 e. The number of benzene rings is 1. The summed E-state index contributed by atoms with van der Waals surface area (Å²) in [7, 11) is -3.52. The Bertz CT molecular complexity index is 506. The third kappa shape index (κ3) is 4.15. The van der Waals surface area contributed by atoms with Crippen LogP contribution in [0.5, 0.6) is 0 Å². The van der Waals surface area contributed by atoms with Crippen LogP contribution in [0.2, 0.25) is 0 Å². The second kappa shape index (κ2) is 6.35. The Morgan fingerprint density at radius 2 is 2.12 bits per heavy atom. The van der Waals surface area contributed by atoms with Gasteiger partial charge in [0.15, 0.2) is 0 Å². The van der Waals surface area contributed by atoms with Gasteiger partial charge in [-0.05, 0) is 37.6 Å². The molecule has 17 heavy (non-hydrogen) atoms. The molecule has 0 heterocycles. The van der Waals surface area contributed by atoms with E-state index in [2.05, 4.69) is 4.72 Å². The van der Waals surface area contributed by atoms with Gasteiger partial charge < -0.3 is 5.73 Å². The maximum atomic E-state index is 11.8. The number of nitriles is 1. The first-order chi connectivity index (χ1) is 8.10. The molecule has 0 aliphatic heterocycles. The minimum absolute atomic E-state index is 0.115. The van der Waals surface area contributed by atoms with Crippen LogP contribution in [-0.2, 0) is 10.0 Å². The molecular formula is C11H15N3O2S. The van der Waals surface area contributed by atoms with E-state index in [0.29, 0.717) is 25.1 Å². The van der Waals surface area contributed by atoms with E-state index < -0.39 is 10.0 Å². The average Bonchev–Trinajstić information content (AvgIpc) is 2.35. The summed E-state index contributed by atoms with van der Waals surface area (Å²) in [6.07, 6.45) is 1.48. The van der Waals surface area contributed by atoms with E-state index in [1.807, 2.05) is 6.07 Å². The van der Waals surface area contributed by atoms with Crippen molar-refractivity contribution in [3.8, 4) is 6.07 Å². The second-order valence-corrected chi connectivity index (χ2v) is 5.30. The molecule has 6 heteroatoms. The van der Waals surface area contributed by atoms with Crippen molar-refractivity contribution in [1.82, 2.24) is 4.72 Å². The molecule has 92 valence electrons. The lowest BCUT2D eigenvalue weighted by Gasteiger charge is -2.06. The molecule has 0 spiro atoms. The summed E-state index contributed by atoms with van der Waals surface area (Å²) in [6.45, 7) is 0.905. The molecule has 0 radical (unpaired) electrons. The maximum absolute atomic E-state index is 11.8. The molecule has 0 unspecified atom stereocenters. The highest BCUT2D eigenvalue weighted by atomic mass is 32.2. The lowest BCUT2D eigenvalue weighted by Crippen LogP contribution is -2.25. The Morgan fingerprint density at radius 1 is 1.35 bits per heavy atom. The van der Waals surface area contributed by atoms with Crippen LogP contribution in [-0.4, -0.2) is 21.5 Å². The molecule has 3 N–H and O–H groups in total. The van der Waals surface area contributed by atoms with Crippen LogP contribution >= 0.6 is 0 Å². The van der Waals surface area contributed by atoms with Crippen molar-refractivity contribution >= 4 is 10.0 Å². The van der Waals surface area contributed by atoms with Crippen molar-refractivity contribution in [2.75, 3.05) is 13.1 Å².